The lowest BCUT2D eigenvalue weighted by Crippen LogP contribution is -2.55. The van der Waals surface area contributed by atoms with Crippen molar-refractivity contribution in [3.05, 3.63) is 89.9 Å². The minimum Gasteiger partial charge on any atom is -0.478 e. The Morgan fingerprint density at radius 1 is 0.833 bits per heavy atom. The van der Waals surface area contributed by atoms with Gasteiger partial charge in [-0.1, -0.05) is 43.3 Å². The fourth-order valence-electron chi connectivity index (χ4n) is 4.77. The molecule has 0 spiro atoms. The summed E-state index contributed by atoms with van der Waals surface area (Å²) in [6, 6.07) is 17.6. The number of nitrogens with zero attached hydrogens (tertiary/aromatic N) is 3. The summed E-state index contributed by atoms with van der Waals surface area (Å²) < 4.78 is 14.7. The van der Waals surface area contributed by atoms with Crippen LogP contribution in [0, 0.1) is 0 Å². The van der Waals surface area contributed by atoms with Gasteiger partial charge in [0.2, 0.25) is 12.2 Å². The van der Waals surface area contributed by atoms with Crippen LogP contribution in [0.25, 0.3) is 0 Å². The van der Waals surface area contributed by atoms with Gasteiger partial charge in [0.25, 0.3) is 0 Å². The molecule has 1 saturated heterocycles. The van der Waals surface area contributed by atoms with Gasteiger partial charge in [0.15, 0.2) is 0 Å². The molecule has 1 fully saturated rings. The van der Waals surface area contributed by atoms with Gasteiger partial charge >= 0.3 is 29.8 Å². The highest BCUT2D eigenvalue weighted by Gasteiger charge is 2.41. The van der Waals surface area contributed by atoms with Gasteiger partial charge in [0.05, 0.1) is 17.7 Å². The summed E-state index contributed by atoms with van der Waals surface area (Å²) in [4.78, 5) is 69.4. The smallest absolute Gasteiger partial charge is 0.349 e. The summed E-state index contributed by atoms with van der Waals surface area (Å²) >= 11 is 0. The predicted octanol–water partition coefficient (Wildman–Crippen LogP) is 3.16. The SMILES string of the molecule is CCCC(=O)OCCc1nccc(N2C(C)CNC[C@@H]2C)n1.O=C(O[C@@H](C(=O)O)[C@@H](OC(=O)c1ccccc1)C(=O)O)c1ccccc1. The molecule has 0 radical (unpaired) electrons. The molecule has 14 heteroatoms. The first-order valence-electron chi connectivity index (χ1n) is 15.5. The second kappa shape index (κ2) is 18.7. The molecule has 3 N–H and O–H groups in total. The van der Waals surface area contributed by atoms with Crippen molar-refractivity contribution in [3.63, 3.8) is 0 Å². The number of carboxylic acid groups (broad SMARTS) is 2. The van der Waals surface area contributed by atoms with E-state index >= 15 is 0 Å². The number of hydrogen-bond acceptors (Lipinski definition) is 12. The number of nitrogens with one attached hydrogen (secondary N) is 1. The topological polar surface area (TPSA) is 195 Å². The monoisotopic (exact) mass is 664 g/mol. The average molecular weight is 665 g/mol. The summed E-state index contributed by atoms with van der Waals surface area (Å²) in [6.07, 6.45) is -0.813. The molecule has 4 atom stereocenters. The molecule has 3 aromatic rings. The van der Waals surface area contributed by atoms with Gasteiger partial charge in [-0.2, -0.15) is 0 Å². The number of aliphatic carboxylic acids is 2. The van der Waals surface area contributed by atoms with Crippen molar-refractivity contribution >= 4 is 35.7 Å². The minimum absolute atomic E-state index is 0.0253. The molecule has 2 heterocycles. The third-order valence-electron chi connectivity index (χ3n) is 7.08. The highest BCUT2D eigenvalue weighted by molar-refractivity contribution is 5.95. The number of esters is 3. The Hall–Kier alpha value is -5.37. The first kappa shape index (κ1) is 37.1. The van der Waals surface area contributed by atoms with Gasteiger partial charge in [0, 0.05) is 44.2 Å². The van der Waals surface area contributed by atoms with E-state index in [1.54, 1.807) is 18.3 Å². The lowest BCUT2D eigenvalue weighted by Gasteiger charge is -2.40. The van der Waals surface area contributed by atoms with Crippen LogP contribution in [-0.2, 0) is 35.0 Å². The molecule has 48 heavy (non-hydrogen) atoms. The third kappa shape index (κ3) is 11.2. The quantitative estimate of drug-likeness (QED) is 0.178. The zero-order chi connectivity index (χ0) is 35.1. The van der Waals surface area contributed by atoms with Crippen LogP contribution in [0.5, 0.6) is 0 Å². The van der Waals surface area contributed by atoms with Crippen LogP contribution in [-0.4, -0.2) is 94.0 Å². The molecule has 0 aliphatic carbocycles. The number of hydrogen-bond donors (Lipinski definition) is 3. The van der Waals surface area contributed by atoms with E-state index in [1.165, 1.54) is 48.5 Å². The summed E-state index contributed by atoms with van der Waals surface area (Å²) in [7, 11) is 0. The highest BCUT2D eigenvalue weighted by Crippen LogP contribution is 2.19. The largest absolute Gasteiger partial charge is 0.478 e. The van der Waals surface area contributed by atoms with Crippen molar-refractivity contribution in [1.82, 2.24) is 15.3 Å². The third-order valence-corrected chi connectivity index (χ3v) is 7.08. The maximum Gasteiger partial charge on any atom is 0.349 e. The summed E-state index contributed by atoms with van der Waals surface area (Å²) in [5, 5.41) is 21.9. The van der Waals surface area contributed by atoms with E-state index in [4.69, 9.17) is 14.2 Å². The molecular formula is C34H40N4O10. The fraction of sp³-hybridized carbons (Fsp3) is 0.382. The van der Waals surface area contributed by atoms with Gasteiger partial charge in [-0.05, 0) is 50.6 Å². The van der Waals surface area contributed by atoms with E-state index in [-0.39, 0.29) is 17.1 Å². The lowest BCUT2D eigenvalue weighted by atomic mass is 10.1. The molecule has 0 amide bonds. The molecule has 0 bridgehead atoms. The van der Waals surface area contributed by atoms with Crippen LogP contribution >= 0.6 is 0 Å². The first-order valence-corrected chi connectivity index (χ1v) is 15.5. The predicted molar refractivity (Wildman–Crippen MR) is 172 cm³/mol. The number of anilines is 1. The Labute approximate surface area is 278 Å². The molecule has 1 unspecified atom stereocenters. The summed E-state index contributed by atoms with van der Waals surface area (Å²) in [5.41, 5.74) is 0.0505. The number of rotatable bonds is 13. The van der Waals surface area contributed by atoms with Crippen LogP contribution in [0.4, 0.5) is 5.82 Å². The van der Waals surface area contributed by atoms with Crippen molar-refractivity contribution in [2.75, 3.05) is 24.6 Å². The number of piperazine rings is 1. The van der Waals surface area contributed by atoms with Crippen LogP contribution in [0.2, 0.25) is 0 Å². The van der Waals surface area contributed by atoms with Crippen LogP contribution in [0.15, 0.2) is 72.9 Å². The van der Waals surface area contributed by atoms with Gasteiger partial charge in [0.1, 0.15) is 11.6 Å². The normalized spacial score (nSPS) is 16.7. The fourth-order valence-corrected chi connectivity index (χ4v) is 4.77. The molecule has 0 saturated carbocycles. The van der Waals surface area contributed by atoms with Crippen molar-refractivity contribution < 1.29 is 48.4 Å². The standard InChI is InChI=1S/C18H14O8.C16H26N4O2/c19-15(20)13(25-17(23)11-7-3-1-4-8-11)14(16(21)22)26-18(24)12-9-5-2-6-10-12;1-4-5-16(21)22-9-7-14-18-8-6-15(19-14)20-12(2)10-17-11-13(20)3/h1-10,13-14H,(H,19,20)(H,21,22);6,8,12-13,17H,4-5,7,9-11H2,1-3H3/t13-,14-;12-,13?/m10/s1. The van der Waals surface area contributed by atoms with Crippen molar-refractivity contribution in [3.8, 4) is 0 Å². The molecule has 1 aliphatic rings. The van der Waals surface area contributed by atoms with Crippen LogP contribution < -0.4 is 10.2 Å². The summed E-state index contributed by atoms with van der Waals surface area (Å²) in [6.45, 7) is 8.60. The Morgan fingerprint density at radius 2 is 1.33 bits per heavy atom. The highest BCUT2D eigenvalue weighted by atomic mass is 16.6. The second-order valence-electron chi connectivity index (χ2n) is 10.9. The number of ether oxygens (including phenoxy) is 3. The van der Waals surface area contributed by atoms with Crippen LogP contribution in [0.1, 0.15) is 60.2 Å². The van der Waals surface area contributed by atoms with Gasteiger partial charge < -0.3 is 34.6 Å². The number of aromatic nitrogens is 2. The van der Waals surface area contributed by atoms with E-state index in [2.05, 4.69) is 34.0 Å². The molecular weight excluding hydrogens is 624 g/mol. The Bertz CT molecular complexity index is 1440. The molecule has 2 aromatic carbocycles. The number of carboxylic acids is 2. The lowest BCUT2D eigenvalue weighted by molar-refractivity contribution is -0.166. The van der Waals surface area contributed by atoms with E-state index in [1.807, 2.05) is 13.0 Å². The molecule has 1 aromatic heterocycles. The van der Waals surface area contributed by atoms with Crippen molar-refractivity contribution in [2.45, 2.75) is 64.3 Å². The van der Waals surface area contributed by atoms with Crippen molar-refractivity contribution in [2.24, 2.45) is 0 Å². The molecule has 1 aliphatic heterocycles. The zero-order valence-electron chi connectivity index (χ0n) is 27.0. The number of carbonyl (C=O) groups is 5. The van der Waals surface area contributed by atoms with E-state index in [9.17, 15) is 34.2 Å². The average Bonchev–Trinajstić information content (AvgIpc) is 3.07. The summed E-state index contributed by atoms with van der Waals surface area (Å²) in [5.74, 6) is -4.11. The van der Waals surface area contributed by atoms with Gasteiger partial charge in [-0.3, -0.25) is 4.79 Å². The maximum atomic E-state index is 12.0. The Morgan fingerprint density at radius 3 is 1.79 bits per heavy atom. The molecule has 256 valence electrons. The number of benzene rings is 2. The van der Waals surface area contributed by atoms with E-state index in [0.717, 1.165) is 31.2 Å². The van der Waals surface area contributed by atoms with E-state index < -0.39 is 36.1 Å². The minimum atomic E-state index is -2.21. The Kier molecular flexibility index (Phi) is 14.4. The van der Waals surface area contributed by atoms with E-state index in [0.29, 0.717) is 31.5 Å². The zero-order valence-corrected chi connectivity index (χ0v) is 27.0. The van der Waals surface area contributed by atoms with Gasteiger partial charge in [-0.25, -0.2) is 29.1 Å². The van der Waals surface area contributed by atoms with Crippen LogP contribution in [0.3, 0.4) is 0 Å². The number of carbonyl (C=O) groups excluding carboxylic acids is 3. The second-order valence-corrected chi connectivity index (χ2v) is 10.9. The molecule has 14 nitrogen and oxygen atoms in total. The van der Waals surface area contributed by atoms with Gasteiger partial charge in [-0.15, -0.1) is 0 Å². The first-order chi connectivity index (χ1) is 23.0. The van der Waals surface area contributed by atoms with Crippen molar-refractivity contribution in [1.29, 1.82) is 0 Å². The maximum absolute atomic E-state index is 12.0. The molecule has 4 rings (SSSR count). The Balaban J connectivity index is 0.000000264.